The summed E-state index contributed by atoms with van der Waals surface area (Å²) in [7, 11) is 2.29. The molecule has 3 heteroatoms. The van der Waals surface area contributed by atoms with Gasteiger partial charge in [-0.1, -0.05) is 13.3 Å². The van der Waals surface area contributed by atoms with E-state index in [1.165, 1.54) is 38.6 Å². The third-order valence-corrected chi connectivity index (χ3v) is 4.89. The van der Waals surface area contributed by atoms with E-state index >= 15 is 0 Å². The molecule has 2 rings (SSSR count). The van der Waals surface area contributed by atoms with Crippen LogP contribution in [0.4, 0.5) is 0 Å². The Labute approximate surface area is 112 Å². The summed E-state index contributed by atoms with van der Waals surface area (Å²) in [5.74, 6) is 2.30. The molecule has 0 aromatic carbocycles. The van der Waals surface area contributed by atoms with Gasteiger partial charge in [-0.25, -0.2) is 0 Å². The number of hydrogen-bond donors (Lipinski definition) is 1. The molecule has 0 bridgehead atoms. The molecule has 18 heavy (non-hydrogen) atoms. The van der Waals surface area contributed by atoms with Crippen LogP contribution in [0.5, 0.6) is 0 Å². The highest BCUT2D eigenvalue weighted by atomic mass is 16.5. The fourth-order valence-corrected chi connectivity index (χ4v) is 3.72. The zero-order chi connectivity index (χ0) is 13.0. The van der Waals surface area contributed by atoms with Crippen molar-refractivity contribution in [1.29, 1.82) is 0 Å². The van der Waals surface area contributed by atoms with Crippen LogP contribution in [0, 0.1) is 17.8 Å². The van der Waals surface area contributed by atoms with Gasteiger partial charge in [0.05, 0.1) is 6.61 Å². The SMILES string of the molecule is CC1CCC(CN)C(N(C)CC2CCCOC2)C1. The van der Waals surface area contributed by atoms with E-state index in [2.05, 4.69) is 18.9 Å². The Hall–Kier alpha value is -0.120. The molecule has 0 aromatic heterocycles. The average Bonchev–Trinajstić information content (AvgIpc) is 2.40. The van der Waals surface area contributed by atoms with Gasteiger partial charge < -0.3 is 15.4 Å². The molecule has 1 aliphatic heterocycles. The lowest BCUT2D eigenvalue weighted by Crippen LogP contribution is -2.47. The van der Waals surface area contributed by atoms with Gasteiger partial charge in [-0.05, 0) is 57.0 Å². The van der Waals surface area contributed by atoms with E-state index in [1.54, 1.807) is 0 Å². The molecule has 0 spiro atoms. The summed E-state index contributed by atoms with van der Waals surface area (Å²) >= 11 is 0. The first kappa shape index (κ1) is 14.3. The van der Waals surface area contributed by atoms with Gasteiger partial charge in [0.15, 0.2) is 0 Å². The van der Waals surface area contributed by atoms with E-state index < -0.39 is 0 Å². The van der Waals surface area contributed by atoms with Crippen molar-refractivity contribution in [2.24, 2.45) is 23.5 Å². The van der Waals surface area contributed by atoms with Crippen LogP contribution in [0.2, 0.25) is 0 Å². The highest BCUT2D eigenvalue weighted by Crippen LogP contribution is 2.31. The average molecular weight is 254 g/mol. The van der Waals surface area contributed by atoms with Crippen molar-refractivity contribution in [1.82, 2.24) is 4.90 Å². The number of rotatable bonds is 4. The molecule has 2 fully saturated rings. The number of nitrogens with two attached hydrogens (primary N) is 1. The van der Waals surface area contributed by atoms with Crippen LogP contribution in [-0.2, 0) is 4.74 Å². The first-order valence-corrected chi connectivity index (χ1v) is 7.68. The molecule has 4 atom stereocenters. The molecule has 1 aliphatic carbocycles. The zero-order valence-electron chi connectivity index (χ0n) is 12.1. The third kappa shape index (κ3) is 3.69. The van der Waals surface area contributed by atoms with Crippen molar-refractivity contribution in [3.05, 3.63) is 0 Å². The fourth-order valence-electron chi connectivity index (χ4n) is 3.72. The Morgan fingerprint density at radius 3 is 2.78 bits per heavy atom. The lowest BCUT2D eigenvalue weighted by Gasteiger charge is -2.41. The summed E-state index contributed by atoms with van der Waals surface area (Å²) in [5.41, 5.74) is 5.96. The van der Waals surface area contributed by atoms with E-state index in [-0.39, 0.29) is 0 Å². The predicted octanol–water partition coefficient (Wildman–Crippen LogP) is 2.11. The molecule has 1 saturated heterocycles. The quantitative estimate of drug-likeness (QED) is 0.835. The molecule has 0 aromatic rings. The highest BCUT2D eigenvalue weighted by Gasteiger charge is 2.31. The Balaban J connectivity index is 1.86. The monoisotopic (exact) mass is 254 g/mol. The van der Waals surface area contributed by atoms with Crippen LogP contribution >= 0.6 is 0 Å². The summed E-state index contributed by atoms with van der Waals surface area (Å²) in [6.07, 6.45) is 6.57. The summed E-state index contributed by atoms with van der Waals surface area (Å²) in [6, 6.07) is 0.695. The maximum Gasteiger partial charge on any atom is 0.0506 e. The van der Waals surface area contributed by atoms with Crippen molar-refractivity contribution >= 4 is 0 Å². The van der Waals surface area contributed by atoms with Gasteiger partial charge in [0.2, 0.25) is 0 Å². The Kier molecular flexibility index (Phi) is 5.46. The smallest absolute Gasteiger partial charge is 0.0506 e. The van der Waals surface area contributed by atoms with E-state index in [9.17, 15) is 0 Å². The fraction of sp³-hybridized carbons (Fsp3) is 1.00. The first-order valence-electron chi connectivity index (χ1n) is 7.68. The van der Waals surface area contributed by atoms with E-state index in [4.69, 9.17) is 10.5 Å². The number of ether oxygens (including phenoxy) is 1. The van der Waals surface area contributed by atoms with Crippen molar-refractivity contribution in [3.8, 4) is 0 Å². The van der Waals surface area contributed by atoms with Crippen LogP contribution in [0.25, 0.3) is 0 Å². The minimum Gasteiger partial charge on any atom is -0.381 e. The van der Waals surface area contributed by atoms with Gasteiger partial charge in [0.1, 0.15) is 0 Å². The van der Waals surface area contributed by atoms with Crippen molar-refractivity contribution in [2.75, 3.05) is 33.4 Å². The largest absolute Gasteiger partial charge is 0.381 e. The second kappa shape index (κ2) is 6.88. The first-order chi connectivity index (χ1) is 8.70. The molecular weight excluding hydrogens is 224 g/mol. The van der Waals surface area contributed by atoms with Gasteiger partial charge >= 0.3 is 0 Å². The van der Waals surface area contributed by atoms with Gasteiger partial charge in [-0.2, -0.15) is 0 Å². The zero-order valence-corrected chi connectivity index (χ0v) is 12.1. The highest BCUT2D eigenvalue weighted by molar-refractivity contribution is 4.86. The summed E-state index contributed by atoms with van der Waals surface area (Å²) in [6.45, 7) is 6.35. The van der Waals surface area contributed by atoms with Crippen molar-refractivity contribution in [3.63, 3.8) is 0 Å². The lowest BCUT2D eigenvalue weighted by atomic mass is 9.78. The third-order valence-electron chi connectivity index (χ3n) is 4.89. The molecule has 4 unspecified atom stereocenters. The number of nitrogens with zero attached hydrogens (tertiary/aromatic N) is 1. The lowest BCUT2D eigenvalue weighted by molar-refractivity contribution is 0.0226. The molecule has 3 nitrogen and oxygen atoms in total. The maximum atomic E-state index is 5.96. The number of hydrogen-bond acceptors (Lipinski definition) is 3. The second-order valence-electron chi connectivity index (χ2n) is 6.50. The Bertz CT molecular complexity index is 241. The van der Waals surface area contributed by atoms with Crippen LogP contribution in [0.3, 0.4) is 0 Å². The van der Waals surface area contributed by atoms with Crippen molar-refractivity contribution in [2.45, 2.75) is 45.1 Å². The molecule has 106 valence electrons. The molecule has 0 radical (unpaired) electrons. The van der Waals surface area contributed by atoms with Gasteiger partial charge in [0, 0.05) is 19.2 Å². The summed E-state index contributed by atoms with van der Waals surface area (Å²) in [5, 5.41) is 0. The molecule has 1 heterocycles. The minimum absolute atomic E-state index is 0.695. The minimum atomic E-state index is 0.695. The Morgan fingerprint density at radius 1 is 1.28 bits per heavy atom. The predicted molar refractivity (Wildman–Crippen MR) is 75.5 cm³/mol. The topological polar surface area (TPSA) is 38.5 Å². The molecular formula is C15H30N2O. The second-order valence-corrected chi connectivity index (χ2v) is 6.50. The van der Waals surface area contributed by atoms with Crippen LogP contribution < -0.4 is 5.73 Å². The van der Waals surface area contributed by atoms with Crippen LogP contribution in [0.15, 0.2) is 0 Å². The van der Waals surface area contributed by atoms with Gasteiger partial charge in [-0.15, -0.1) is 0 Å². The summed E-state index contributed by atoms with van der Waals surface area (Å²) < 4.78 is 5.59. The maximum absolute atomic E-state index is 5.96. The molecule has 2 N–H and O–H groups in total. The van der Waals surface area contributed by atoms with Crippen molar-refractivity contribution < 1.29 is 4.74 Å². The molecule has 2 aliphatic rings. The van der Waals surface area contributed by atoms with E-state index in [0.29, 0.717) is 12.0 Å². The van der Waals surface area contributed by atoms with E-state index in [1.807, 2.05) is 0 Å². The van der Waals surface area contributed by atoms with Gasteiger partial charge in [0.25, 0.3) is 0 Å². The Morgan fingerprint density at radius 2 is 2.11 bits per heavy atom. The summed E-state index contributed by atoms with van der Waals surface area (Å²) in [4.78, 5) is 2.58. The van der Waals surface area contributed by atoms with Gasteiger partial charge in [-0.3, -0.25) is 0 Å². The molecule has 0 amide bonds. The van der Waals surface area contributed by atoms with Crippen LogP contribution in [-0.4, -0.2) is 44.3 Å². The molecule has 1 saturated carbocycles. The van der Waals surface area contributed by atoms with Crippen LogP contribution in [0.1, 0.15) is 39.0 Å². The standard InChI is InChI=1S/C15H30N2O/c1-12-5-6-14(9-16)15(8-12)17(2)10-13-4-3-7-18-11-13/h12-15H,3-11,16H2,1-2H3. The van der Waals surface area contributed by atoms with E-state index in [0.717, 1.165) is 31.6 Å². The normalized spacial score (nSPS) is 38.0.